The van der Waals surface area contributed by atoms with Crippen molar-refractivity contribution in [1.82, 2.24) is 4.98 Å². The van der Waals surface area contributed by atoms with Crippen molar-refractivity contribution in [2.75, 3.05) is 7.11 Å². The molecular formula is C13H15N3O3S. The lowest BCUT2D eigenvalue weighted by Crippen LogP contribution is -1.96. The second kappa shape index (κ2) is 5.98. The van der Waals surface area contributed by atoms with E-state index in [9.17, 15) is 10.1 Å². The van der Waals surface area contributed by atoms with Crippen LogP contribution in [0.4, 0.5) is 5.69 Å². The summed E-state index contributed by atoms with van der Waals surface area (Å²) in [5.74, 6) is 0.266. The zero-order valence-corrected chi connectivity index (χ0v) is 12.1. The third-order valence-corrected chi connectivity index (χ3v) is 4.10. The molecule has 0 spiro atoms. The van der Waals surface area contributed by atoms with Crippen molar-refractivity contribution in [1.29, 1.82) is 0 Å². The van der Waals surface area contributed by atoms with Gasteiger partial charge in [0.1, 0.15) is 5.01 Å². The van der Waals surface area contributed by atoms with E-state index >= 15 is 0 Å². The molecule has 0 radical (unpaired) electrons. The normalized spacial score (nSPS) is 10.6. The average Bonchev–Trinajstić information content (AvgIpc) is 2.79. The first-order valence-corrected chi connectivity index (χ1v) is 6.83. The van der Waals surface area contributed by atoms with Crippen LogP contribution in [-0.4, -0.2) is 17.0 Å². The third kappa shape index (κ3) is 2.94. The number of rotatable bonds is 5. The number of thiazole rings is 1. The first-order chi connectivity index (χ1) is 9.55. The molecule has 0 saturated heterocycles. The molecule has 0 amide bonds. The lowest BCUT2D eigenvalue weighted by Gasteiger charge is -2.04. The van der Waals surface area contributed by atoms with E-state index in [1.165, 1.54) is 7.11 Å². The molecule has 2 rings (SSSR count). The van der Waals surface area contributed by atoms with Crippen LogP contribution < -0.4 is 10.5 Å². The van der Waals surface area contributed by atoms with Crippen molar-refractivity contribution in [3.05, 3.63) is 49.5 Å². The van der Waals surface area contributed by atoms with Gasteiger partial charge in [-0.15, -0.1) is 11.3 Å². The highest BCUT2D eigenvalue weighted by molar-refractivity contribution is 7.11. The smallest absolute Gasteiger partial charge is 0.311 e. The van der Waals surface area contributed by atoms with Crippen molar-refractivity contribution in [3.63, 3.8) is 0 Å². The molecular weight excluding hydrogens is 278 g/mol. The molecule has 20 heavy (non-hydrogen) atoms. The highest BCUT2D eigenvalue weighted by Gasteiger charge is 2.16. The summed E-state index contributed by atoms with van der Waals surface area (Å²) < 4.78 is 4.99. The van der Waals surface area contributed by atoms with Crippen LogP contribution in [0.1, 0.15) is 21.1 Å². The van der Waals surface area contributed by atoms with Crippen LogP contribution in [0.2, 0.25) is 0 Å². The standard InChI is InChI=1S/C13H15N3O3S/c1-8-12(20-13(7-14)15-8)6-9-3-4-11(19-2)10(5-9)16(17)18/h3-5H,6-7,14H2,1-2H3. The van der Waals surface area contributed by atoms with Gasteiger partial charge in [-0.2, -0.15) is 0 Å². The van der Waals surface area contributed by atoms with Gasteiger partial charge < -0.3 is 10.5 Å². The number of ether oxygens (including phenoxy) is 1. The Morgan fingerprint density at radius 2 is 2.25 bits per heavy atom. The van der Waals surface area contributed by atoms with Crippen LogP contribution >= 0.6 is 11.3 Å². The second-order valence-electron chi connectivity index (χ2n) is 4.26. The summed E-state index contributed by atoms with van der Waals surface area (Å²) in [7, 11) is 1.42. The molecule has 106 valence electrons. The minimum Gasteiger partial charge on any atom is -0.490 e. The van der Waals surface area contributed by atoms with Crippen molar-refractivity contribution >= 4 is 17.0 Å². The van der Waals surface area contributed by atoms with Gasteiger partial charge in [0.05, 0.1) is 17.7 Å². The zero-order chi connectivity index (χ0) is 14.7. The minimum absolute atomic E-state index is 0.0220. The molecule has 0 unspecified atom stereocenters. The van der Waals surface area contributed by atoms with E-state index in [0.717, 1.165) is 21.1 Å². The Hall–Kier alpha value is -1.99. The predicted octanol–water partition coefficient (Wildman–Crippen LogP) is 2.42. The van der Waals surface area contributed by atoms with Gasteiger partial charge in [0.15, 0.2) is 5.75 Å². The van der Waals surface area contributed by atoms with E-state index in [1.807, 2.05) is 13.0 Å². The summed E-state index contributed by atoms with van der Waals surface area (Å²) in [5, 5.41) is 11.9. The molecule has 1 aromatic heterocycles. The maximum Gasteiger partial charge on any atom is 0.311 e. The van der Waals surface area contributed by atoms with E-state index in [0.29, 0.717) is 13.0 Å². The molecule has 0 fully saturated rings. The van der Waals surface area contributed by atoms with Gasteiger partial charge in [0.25, 0.3) is 0 Å². The summed E-state index contributed by atoms with van der Waals surface area (Å²) in [5.41, 5.74) is 7.33. The van der Waals surface area contributed by atoms with Crippen molar-refractivity contribution in [2.24, 2.45) is 5.73 Å². The lowest BCUT2D eigenvalue weighted by molar-refractivity contribution is -0.385. The van der Waals surface area contributed by atoms with Crippen molar-refractivity contribution in [3.8, 4) is 5.75 Å². The Balaban J connectivity index is 2.31. The summed E-state index contributed by atoms with van der Waals surface area (Å²) in [6.07, 6.45) is 0.605. The van der Waals surface area contributed by atoms with Gasteiger partial charge >= 0.3 is 5.69 Å². The average molecular weight is 293 g/mol. The first-order valence-electron chi connectivity index (χ1n) is 6.01. The Morgan fingerprint density at radius 3 is 2.80 bits per heavy atom. The highest BCUT2D eigenvalue weighted by Crippen LogP contribution is 2.29. The van der Waals surface area contributed by atoms with E-state index < -0.39 is 4.92 Å². The molecule has 0 saturated carbocycles. The van der Waals surface area contributed by atoms with Gasteiger partial charge in [0.2, 0.25) is 0 Å². The van der Waals surface area contributed by atoms with E-state index in [-0.39, 0.29) is 11.4 Å². The predicted molar refractivity (Wildman–Crippen MR) is 77.2 cm³/mol. The van der Waals surface area contributed by atoms with E-state index in [1.54, 1.807) is 23.5 Å². The quantitative estimate of drug-likeness (QED) is 0.675. The minimum atomic E-state index is -0.437. The fourth-order valence-corrected chi connectivity index (χ4v) is 2.90. The third-order valence-electron chi connectivity index (χ3n) is 2.92. The van der Waals surface area contributed by atoms with Crippen LogP contribution in [0.3, 0.4) is 0 Å². The summed E-state index contributed by atoms with van der Waals surface area (Å²) in [6, 6.07) is 4.99. The molecule has 0 atom stereocenters. The molecule has 6 nitrogen and oxygen atoms in total. The van der Waals surface area contributed by atoms with Crippen LogP contribution in [-0.2, 0) is 13.0 Å². The largest absolute Gasteiger partial charge is 0.490 e. The van der Waals surface area contributed by atoms with Crippen LogP contribution in [0.5, 0.6) is 5.75 Å². The summed E-state index contributed by atoms with van der Waals surface area (Å²) in [4.78, 5) is 16.0. The molecule has 7 heteroatoms. The Morgan fingerprint density at radius 1 is 1.50 bits per heavy atom. The number of benzene rings is 1. The molecule has 1 aromatic carbocycles. The number of nitrogens with two attached hydrogens (primary N) is 1. The molecule has 2 aromatic rings. The van der Waals surface area contributed by atoms with Crippen LogP contribution in [0.25, 0.3) is 0 Å². The Bertz CT molecular complexity index is 640. The Kier molecular flexibility index (Phi) is 4.31. The van der Waals surface area contributed by atoms with E-state index in [4.69, 9.17) is 10.5 Å². The number of aryl methyl sites for hydroxylation is 1. The van der Waals surface area contributed by atoms with Crippen LogP contribution in [0.15, 0.2) is 18.2 Å². The SMILES string of the molecule is COc1ccc(Cc2sc(CN)nc2C)cc1[N+](=O)[O-]. The second-order valence-corrected chi connectivity index (χ2v) is 5.43. The van der Waals surface area contributed by atoms with Gasteiger partial charge in [-0.05, 0) is 18.6 Å². The van der Waals surface area contributed by atoms with Crippen LogP contribution in [0, 0.1) is 17.0 Å². The number of hydrogen-bond donors (Lipinski definition) is 1. The van der Waals surface area contributed by atoms with Gasteiger partial charge in [-0.3, -0.25) is 10.1 Å². The fraction of sp³-hybridized carbons (Fsp3) is 0.308. The number of nitrogens with zero attached hydrogens (tertiary/aromatic N) is 2. The maximum absolute atomic E-state index is 11.0. The summed E-state index contributed by atoms with van der Waals surface area (Å²) in [6.45, 7) is 2.33. The monoisotopic (exact) mass is 293 g/mol. The number of nitro groups is 1. The number of hydrogen-bond acceptors (Lipinski definition) is 6. The molecule has 0 aliphatic carbocycles. The van der Waals surface area contributed by atoms with Crippen molar-refractivity contribution < 1.29 is 9.66 Å². The first kappa shape index (κ1) is 14.4. The van der Waals surface area contributed by atoms with Crippen molar-refractivity contribution in [2.45, 2.75) is 19.9 Å². The topological polar surface area (TPSA) is 91.3 Å². The molecule has 0 aliphatic heterocycles. The zero-order valence-electron chi connectivity index (χ0n) is 11.3. The molecule has 0 aliphatic rings. The van der Waals surface area contributed by atoms with Gasteiger partial charge in [-0.1, -0.05) is 6.07 Å². The number of nitro benzene ring substituents is 1. The van der Waals surface area contributed by atoms with Gasteiger partial charge in [0, 0.05) is 23.9 Å². The highest BCUT2D eigenvalue weighted by atomic mass is 32.1. The van der Waals surface area contributed by atoms with E-state index in [2.05, 4.69) is 4.98 Å². The fourth-order valence-electron chi connectivity index (χ4n) is 1.91. The Labute approximate surface area is 120 Å². The lowest BCUT2D eigenvalue weighted by atomic mass is 10.1. The number of aromatic nitrogens is 1. The van der Waals surface area contributed by atoms with Gasteiger partial charge in [-0.25, -0.2) is 4.98 Å². The molecule has 2 N–H and O–H groups in total. The maximum atomic E-state index is 11.0. The molecule has 0 bridgehead atoms. The number of methoxy groups -OCH3 is 1. The summed E-state index contributed by atoms with van der Waals surface area (Å²) >= 11 is 1.54. The molecule has 1 heterocycles.